The van der Waals surface area contributed by atoms with E-state index in [9.17, 15) is 0 Å². The Bertz CT molecular complexity index is 564. The van der Waals surface area contributed by atoms with Crippen molar-refractivity contribution in [3.05, 3.63) is 47.8 Å². The Balaban J connectivity index is 0.00000220. The summed E-state index contributed by atoms with van der Waals surface area (Å²) in [7, 11) is 0. The minimum absolute atomic E-state index is 0. The highest BCUT2D eigenvalue weighted by Gasteiger charge is 2.03. The predicted octanol–water partition coefficient (Wildman–Crippen LogP) is 3.58. The van der Waals surface area contributed by atoms with E-state index in [-0.39, 0.29) is 18.2 Å². The van der Waals surface area contributed by atoms with E-state index >= 15 is 0 Å². The average molecular weight is 305 g/mol. The first-order valence-corrected chi connectivity index (χ1v) is 6.96. The second kappa shape index (κ2) is 8.37. The molecule has 0 aliphatic rings. The number of rotatable bonds is 6. The third-order valence-electron chi connectivity index (χ3n) is 3.24. The van der Waals surface area contributed by atoms with Crippen LogP contribution in [0.2, 0.25) is 0 Å². The Morgan fingerprint density at radius 1 is 1.10 bits per heavy atom. The summed E-state index contributed by atoms with van der Waals surface area (Å²) in [5.74, 6) is 0.651. The monoisotopic (exact) mass is 304 g/mol. The van der Waals surface area contributed by atoms with Gasteiger partial charge in [0.25, 0.3) is 0 Å². The molecular formula is C16H21ClN4. The Kier molecular flexibility index (Phi) is 6.82. The topological polar surface area (TPSA) is 75.7 Å². The van der Waals surface area contributed by atoms with Crippen molar-refractivity contribution < 1.29 is 0 Å². The molecule has 0 atom stereocenters. The van der Waals surface area contributed by atoms with Crippen molar-refractivity contribution in [3.8, 4) is 11.4 Å². The molecule has 0 radical (unpaired) electrons. The molecule has 0 spiro atoms. The summed E-state index contributed by atoms with van der Waals surface area (Å²) in [6, 6.07) is 8.36. The molecule has 1 heterocycles. The molecule has 1 aromatic carbocycles. The van der Waals surface area contributed by atoms with Gasteiger partial charge in [-0.25, -0.2) is 9.97 Å². The SMILES string of the molecule is CCCCCc1ccc(-c2ncc(C(=N)N)cn2)cc1.Cl. The van der Waals surface area contributed by atoms with Gasteiger partial charge in [-0.15, -0.1) is 12.4 Å². The minimum Gasteiger partial charge on any atom is -0.384 e. The molecule has 0 unspecified atom stereocenters. The van der Waals surface area contributed by atoms with Crippen LogP contribution >= 0.6 is 12.4 Å². The molecule has 2 rings (SSSR count). The number of nitrogens with one attached hydrogen (secondary N) is 1. The molecule has 0 aliphatic heterocycles. The Morgan fingerprint density at radius 2 is 1.71 bits per heavy atom. The van der Waals surface area contributed by atoms with Gasteiger partial charge in [-0.05, 0) is 18.4 Å². The molecule has 0 aliphatic carbocycles. The molecule has 5 heteroatoms. The van der Waals surface area contributed by atoms with Gasteiger partial charge in [0.15, 0.2) is 5.82 Å². The molecule has 0 amide bonds. The first-order valence-electron chi connectivity index (χ1n) is 6.96. The third kappa shape index (κ3) is 4.83. The van der Waals surface area contributed by atoms with Crippen molar-refractivity contribution in [3.63, 3.8) is 0 Å². The number of nitrogen functional groups attached to an aromatic ring is 1. The zero-order chi connectivity index (χ0) is 14.4. The van der Waals surface area contributed by atoms with Gasteiger partial charge in [0.2, 0.25) is 0 Å². The largest absolute Gasteiger partial charge is 0.384 e. The normalized spacial score (nSPS) is 9.95. The van der Waals surface area contributed by atoms with Crippen LogP contribution in [-0.4, -0.2) is 15.8 Å². The van der Waals surface area contributed by atoms with Crippen molar-refractivity contribution in [2.45, 2.75) is 32.6 Å². The maximum absolute atomic E-state index is 7.32. The first kappa shape index (κ1) is 17.1. The zero-order valence-electron chi connectivity index (χ0n) is 12.2. The van der Waals surface area contributed by atoms with Crippen molar-refractivity contribution >= 4 is 18.2 Å². The minimum atomic E-state index is -0.0113. The van der Waals surface area contributed by atoms with Crippen LogP contribution in [0.3, 0.4) is 0 Å². The van der Waals surface area contributed by atoms with Gasteiger partial charge in [0.1, 0.15) is 5.84 Å². The van der Waals surface area contributed by atoms with Gasteiger partial charge >= 0.3 is 0 Å². The van der Waals surface area contributed by atoms with Crippen molar-refractivity contribution in [1.29, 1.82) is 5.41 Å². The molecule has 3 N–H and O–H groups in total. The fourth-order valence-electron chi connectivity index (χ4n) is 2.02. The number of aromatic nitrogens is 2. The second-order valence-electron chi connectivity index (χ2n) is 4.86. The number of nitrogens with zero attached hydrogens (tertiary/aromatic N) is 2. The summed E-state index contributed by atoms with van der Waals surface area (Å²) in [6.45, 7) is 2.21. The van der Waals surface area contributed by atoms with E-state index in [0.29, 0.717) is 11.4 Å². The highest BCUT2D eigenvalue weighted by Crippen LogP contribution is 2.16. The molecule has 0 fully saturated rings. The van der Waals surface area contributed by atoms with E-state index in [2.05, 4.69) is 29.0 Å². The summed E-state index contributed by atoms with van der Waals surface area (Å²) < 4.78 is 0. The van der Waals surface area contributed by atoms with E-state index in [0.717, 1.165) is 12.0 Å². The van der Waals surface area contributed by atoms with Crippen LogP contribution in [0.5, 0.6) is 0 Å². The molecule has 4 nitrogen and oxygen atoms in total. The molecule has 2 aromatic rings. The number of hydrogen-bond donors (Lipinski definition) is 2. The quantitative estimate of drug-likeness (QED) is 0.486. The van der Waals surface area contributed by atoms with E-state index < -0.39 is 0 Å². The van der Waals surface area contributed by atoms with Gasteiger partial charge in [-0.2, -0.15) is 0 Å². The molecule has 0 saturated carbocycles. The summed E-state index contributed by atoms with van der Waals surface area (Å²) in [6.07, 6.45) is 8.04. The number of amidine groups is 1. The molecule has 0 bridgehead atoms. The van der Waals surface area contributed by atoms with Crippen molar-refractivity contribution in [2.24, 2.45) is 5.73 Å². The standard InChI is InChI=1S/C16H20N4.ClH/c1-2-3-4-5-12-6-8-13(9-7-12)16-19-10-14(11-20-16)15(17)18;/h6-11H,2-5H2,1H3,(H3,17,18);1H. The highest BCUT2D eigenvalue weighted by molar-refractivity contribution is 5.94. The molecular weight excluding hydrogens is 284 g/mol. The molecule has 112 valence electrons. The predicted molar refractivity (Wildman–Crippen MR) is 89.0 cm³/mol. The first-order chi connectivity index (χ1) is 9.70. The van der Waals surface area contributed by atoms with Gasteiger partial charge in [-0.1, -0.05) is 44.0 Å². The number of hydrogen-bond acceptors (Lipinski definition) is 3. The van der Waals surface area contributed by atoms with Crippen LogP contribution in [0.4, 0.5) is 0 Å². The van der Waals surface area contributed by atoms with Gasteiger partial charge in [0, 0.05) is 18.0 Å². The lowest BCUT2D eigenvalue weighted by Crippen LogP contribution is -2.11. The van der Waals surface area contributed by atoms with Crippen LogP contribution in [0.15, 0.2) is 36.7 Å². The average Bonchev–Trinajstić information content (AvgIpc) is 2.48. The second-order valence-corrected chi connectivity index (χ2v) is 4.86. The van der Waals surface area contributed by atoms with E-state index in [1.807, 2.05) is 12.1 Å². The maximum atomic E-state index is 7.32. The van der Waals surface area contributed by atoms with Crippen LogP contribution < -0.4 is 5.73 Å². The lowest BCUT2D eigenvalue weighted by atomic mass is 10.1. The van der Waals surface area contributed by atoms with Gasteiger partial charge < -0.3 is 5.73 Å². The smallest absolute Gasteiger partial charge is 0.159 e. The number of unbranched alkanes of at least 4 members (excludes halogenated alkanes) is 2. The number of aryl methyl sites for hydroxylation is 1. The van der Waals surface area contributed by atoms with E-state index in [1.165, 1.54) is 24.8 Å². The van der Waals surface area contributed by atoms with Crippen molar-refractivity contribution in [2.75, 3.05) is 0 Å². The van der Waals surface area contributed by atoms with Gasteiger partial charge in [0.05, 0.1) is 5.56 Å². The molecule has 0 saturated heterocycles. The molecule has 1 aromatic heterocycles. The van der Waals surface area contributed by atoms with Crippen molar-refractivity contribution in [1.82, 2.24) is 9.97 Å². The summed E-state index contributed by atoms with van der Waals surface area (Å²) in [5.41, 5.74) is 8.26. The van der Waals surface area contributed by atoms with Gasteiger partial charge in [-0.3, -0.25) is 5.41 Å². The van der Waals surface area contributed by atoms with E-state index in [1.54, 1.807) is 12.4 Å². The number of halogens is 1. The highest BCUT2D eigenvalue weighted by atomic mass is 35.5. The Hall–Kier alpha value is -1.94. The fourth-order valence-corrected chi connectivity index (χ4v) is 2.02. The zero-order valence-corrected chi connectivity index (χ0v) is 13.0. The third-order valence-corrected chi connectivity index (χ3v) is 3.24. The van der Waals surface area contributed by atoms with E-state index in [4.69, 9.17) is 11.1 Å². The molecule has 21 heavy (non-hydrogen) atoms. The summed E-state index contributed by atoms with van der Waals surface area (Å²) >= 11 is 0. The fraction of sp³-hybridized carbons (Fsp3) is 0.312. The summed E-state index contributed by atoms with van der Waals surface area (Å²) in [4.78, 5) is 8.49. The Labute approximate surface area is 131 Å². The van der Waals surface area contributed by atoms with Crippen LogP contribution in [0.25, 0.3) is 11.4 Å². The van der Waals surface area contributed by atoms with Crippen LogP contribution in [0.1, 0.15) is 37.3 Å². The number of nitrogens with two attached hydrogens (primary N) is 1. The van der Waals surface area contributed by atoms with Crippen LogP contribution in [-0.2, 0) is 6.42 Å². The van der Waals surface area contributed by atoms with Crippen LogP contribution in [0, 0.1) is 5.41 Å². The lowest BCUT2D eigenvalue weighted by molar-refractivity contribution is 0.717. The maximum Gasteiger partial charge on any atom is 0.159 e. The number of benzene rings is 1. The lowest BCUT2D eigenvalue weighted by Gasteiger charge is -2.04. The summed E-state index contributed by atoms with van der Waals surface area (Å²) in [5, 5.41) is 7.32. The Morgan fingerprint density at radius 3 is 2.24 bits per heavy atom.